The SMILES string of the molecule is COc1cc(C)cc(S(=O)(=O)c2ccc(CNC(=O)c3cnc4[nH]ncc4c3)cc2)c1OC. The Balaban J connectivity index is 1.52. The molecule has 4 rings (SSSR count). The Morgan fingerprint density at radius 3 is 2.52 bits per heavy atom. The summed E-state index contributed by atoms with van der Waals surface area (Å²) in [5, 5.41) is 10.2. The van der Waals surface area contributed by atoms with E-state index in [0.29, 0.717) is 17.0 Å². The van der Waals surface area contributed by atoms with Gasteiger partial charge in [-0.25, -0.2) is 13.4 Å². The summed E-state index contributed by atoms with van der Waals surface area (Å²) in [5.41, 5.74) is 2.48. The summed E-state index contributed by atoms with van der Waals surface area (Å²) in [6, 6.07) is 11.3. The quantitative estimate of drug-likeness (QED) is 0.429. The number of aromatic amines is 1. The maximum Gasteiger partial charge on any atom is 0.253 e. The number of nitrogens with zero attached hydrogens (tertiary/aromatic N) is 2. The second-order valence-electron chi connectivity index (χ2n) is 7.36. The second-order valence-corrected chi connectivity index (χ2v) is 9.28. The molecule has 0 radical (unpaired) electrons. The number of carbonyl (C=O) groups excluding carboxylic acids is 1. The summed E-state index contributed by atoms with van der Waals surface area (Å²) in [6.45, 7) is 2.01. The molecule has 1 amide bonds. The van der Waals surface area contributed by atoms with Gasteiger partial charge in [0.2, 0.25) is 9.84 Å². The molecule has 0 spiro atoms. The number of nitrogens with one attached hydrogen (secondary N) is 2. The fourth-order valence-corrected chi connectivity index (χ4v) is 4.94. The summed E-state index contributed by atoms with van der Waals surface area (Å²) in [7, 11) is -0.994. The van der Waals surface area contributed by atoms with Crippen molar-refractivity contribution in [2.24, 2.45) is 0 Å². The van der Waals surface area contributed by atoms with Crippen LogP contribution in [0.5, 0.6) is 11.5 Å². The lowest BCUT2D eigenvalue weighted by Crippen LogP contribution is -2.22. The molecule has 0 aliphatic rings. The van der Waals surface area contributed by atoms with Crippen molar-refractivity contribution in [2.75, 3.05) is 14.2 Å². The number of ether oxygens (including phenoxy) is 2. The molecule has 0 aliphatic carbocycles. The topological polar surface area (TPSA) is 123 Å². The van der Waals surface area contributed by atoms with E-state index in [1.807, 2.05) is 0 Å². The molecule has 10 heteroatoms. The van der Waals surface area contributed by atoms with E-state index < -0.39 is 9.84 Å². The van der Waals surface area contributed by atoms with Crippen molar-refractivity contribution in [2.45, 2.75) is 23.3 Å². The number of amides is 1. The first-order valence-electron chi connectivity index (χ1n) is 9.97. The third-order valence-electron chi connectivity index (χ3n) is 5.12. The summed E-state index contributed by atoms with van der Waals surface area (Å²) in [5.74, 6) is 0.208. The summed E-state index contributed by atoms with van der Waals surface area (Å²) >= 11 is 0. The van der Waals surface area contributed by atoms with Gasteiger partial charge in [0.25, 0.3) is 5.91 Å². The van der Waals surface area contributed by atoms with Crippen LogP contribution in [0.15, 0.2) is 64.6 Å². The molecule has 2 aromatic carbocycles. The Kier molecular flexibility index (Phi) is 6.01. The van der Waals surface area contributed by atoms with Crippen LogP contribution in [0.3, 0.4) is 0 Å². The van der Waals surface area contributed by atoms with E-state index in [2.05, 4.69) is 20.5 Å². The van der Waals surface area contributed by atoms with Crippen molar-refractivity contribution in [1.29, 1.82) is 0 Å². The predicted molar refractivity (Wildman–Crippen MR) is 121 cm³/mol. The third kappa shape index (κ3) is 4.37. The van der Waals surface area contributed by atoms with Gasteiger partial charge in [-0.3, -0.25) is 9.89 Å². The summed E-state index contributed by atoms with van der Waals surface area (Å²) < 4.78 is 37.1. The van der Waals surface area contributed by atoms with Crippen LogP contribution in [-0.2, 0) is 16.4 Å². The molecule has 4 aromatic rings. The molecule has 33 heavy (non-hydrogen) atoms. The first-order valence-corrected chi connectivity index (χ1v) is 11.5. The van der Waals surface area contributed by atoms with E-state index in [1.165, 1.54) is 32.5 Å². The number of methoxy groups -OCH3 is 2. The van der Waals surface area contributed by atoms with Gasteiger partial charge in [-0.2, -0.15) is 5.10 Å². The largest absolute Gasteiger partial charge is 0.493 e. The van der Waals surface area contributed by atoms with Gasteiger partial charge in [0.05, 0.1) is 30.9 Å². The normalized spacial score (nSPS) is 11.4. The Morgan fingerprint density at radius 1 is 1.06 bits per heavy atom. The highest BCUT2D eigenvalue weighted by atomic mass is 32.2. The summed E-state index contributed by atoms with van der Waals surface area (Å²) in [6.07, 6.45) is 3.06. The van der Waals surface area contributed by atoms with E-state index in [-0.39, 0.29) is 28.0 Å². The number of sulfone groups is 1. The van der Waals surface area contributed by atoms with Gasteiger partial charge in [0, 0.05) is 18.1 Å². The lowest BCUT2D eigenvalue weighted by Gasteiger charge is -2.14. The van der Waals surface area contributed by atoms with E-state index in [9.17, 15) is 13.2 Å². The number of aryl methyl sites for hydroxylation is 1. The van der Waals surface area contributed by atoms with Crippen LogP contribution in [-0.4, -0.2) is 43.7 Å². The van der Waals surface area contributed by atoms with Crippen LogP contribution in [0.4, 0.5) is 0 Å². The molecule has 0 unspecified atom stereocenters. The average Bonchev–Trinajstić information content (AvgIpc) is 3.30. The zero-order chi connectivity index (χ0) is 23.6. The third-order valence-corrected chi connectivity index (χ3v) is 6.89. The fraction of sp³-hybridized carbons (Fsp3) is 0.174. The van der Waals surface area contributed by atoms with Crippen LogP contribution < -0.4 is 14.8 Å². The molecule has 0 saturated carbocycles. The highest BCUT2D eigenvalue weighted by molar-refractivity contribution is 7.91. The van der Waals surface area contributed by atoms with Gasteiger partial charge < -0.3 is 14.8 Å². The highest BCUT2D eigenvalue weighted by Crippen LogP contribution is 2.38. The lowest BCUT2D eigenvalue weighted by atomic mass is 10.2. The minimum atomic E-state index is -3.85. The van der Waals surface area contributed by atoms with Crippen LogP contribution in [0.25, 0.3) is 11.0 Å². The molecule has 2 N–H and O–H groups in total. The molecular formula is C23H22N4O5S. The van der Waals surface area contributed by atoms with E-state index >= 15 is 0 Å². The standard InChI is InChI=1S/C23H22N4O5S/c1-14-8-19(31-2)21(32-3)20(9-14)33(29,30)18-6-4-15(5-7-18)11-25-23(28)17-10-16-13-26-27-22(16)24-12-17/h4-10,12-13H,11H2,1-3H3,(H,25,28)(H,24,26,27). The van der Waals surface area contributed by atoms with Crippen LogP contribution in [0.1, 0.15) is 21.5 Å². The number of H-pyrrole nitrogens is 1. The number of benzene rings is 2. The van der Waals surface area contributed by atoms with E-state index in [1.54, 1.807) is 43.5 Å². The average molecular weight is 467 g/mol. The van der Waals surface area contributed by atoms with E-state index in [4.69, 9.17) is 9.47 Å². The number of fused-ring (bicyclic) bond motifs is 1. The molecule has 2 heterocycles. The highest BCUT2D eigenvalue weighted by Gasteiger charge is 2.25. The maximum absolute atomic E-state index is 13.3. The van der Waals surface area contributed by atoms with Crippen molar-refractivity contribution < 1.29 is 22.7 Å². The molecular weight excluding hydrogens is 444 g/mol. The van der Waals surface area contributed by atoms with Crippen molar-refractivity contribution in [3.8, 4) is 11.5 Å². The van der Waals surface area contributed by atoms with E-state index in [0.717, 1.165) is 16.5 Å². The smallest absolute Gasteiger partial charge is 0.253 e. The fourth-order valence-electron chi connectivity index (χ4n) is 3.42. The van der Waals surface area contributed by atoms with Crippen LogP contribution >= 0.6 is 0 Å². The van der Waals surface area contributed by atoms with Crippen LogP contribution in [0, 0.1) is 6.92 Å². The molecule has 0 bridgehead atoms. The molecule has 0 saturated heterocycles. The molecule has 2 aromatic heterocycles. The lowest BCUT2D eigenvalue weighted by molar-refractivity contribution is 0.0950. The molecule has 0 fully saturated rings. The number of pyridine rings is 1. The first-order chi connectivity index (χ1) is 15.8. The van der Waals surface area contributed by atoms with Gasteiger partial charge in [-0.15, -0.1) is 0 Å². The number of aromatic nitrogens is 3. The Hall–Kier alpha value is -3.92. The monoisotopic (exact) mass is 466 g/mol. The predicted octanol–water partition coefficient (Wildman–Crippen LogP) is 3.05. The van der Waals surface area contributed by atoms with Gasteiger partial charge in [-0.1, -0.05) is 12.1 Å². The minimum Gasteiger partial charge on any atom is -0.493 e. The summed E-state index contributed by atoms with van der Waals surface area (Å²) in [4.78, 5) is 16.7. The second kappa shape index (κ2) is 8.91. The first kappa shape index (κ1) is 22.3. The van der Waals surface area contributed by atoms with Crippen molar-refractivity contribution in [3.63, 3.8) is 0 Å². The van der Waals surface area contributed by atoms with Crippen molar-refractivity contribution in [3.05, 3.63) is 71.5 Å². The zero-order valence-electron chi connectivity index (χ0n) is 18.2. The molecule has 0 aliphatic heterocycles. The number of carbonyl (C=O) groups is 1. The molecule has 170 valence electrons. The van der Waals surface area contributed by atoms with Gasteiger partial charge in [0.1, 0.15) is 4.90 Å². The van der Waals surface area contributed by atoms with Gasteiger partial charge >= 0.3 is 0 Å². The van der Waals surface area contributed by atoms with Crippen molar-refractivity contribution >= 4 is 26.8 Å². The maximum atomic E-state index is 13.3. The van der Waals surface area contributed by atoms with Gasteiger partial charge in [0.15, 0.2) is 17.1 Å². The molecule has 9 nitrogen and oxygen atoms in total. The Bertz CT molecular complexity index is 1430. The van der Waals surface area contributed by atoms with Gasteiger partial charge in [-0.05, 0) is 48.4 Å². The minimum absolute atomic E-state index is 0.0324. The van der Waals surface area contributed by atoms with Crippen molar-refractivity contribution in [1.82, 2.24) is 20.5 Å². The zero-order valence-corrected chi connectivity index (χ0v) is 19.1. The molecule has 0 atom stereocenters. The Morgan fingerprint density at radius 2 is 1.82 bits per heavy atom. The number of hydrogen-bond donors (Lipinski definition) is 2. The number of rotatable bonds is 7. The van der Waals surface area contributed by atoms with Crippen LogP contribution in [0.2, 0.25) is 0 Å². The number of hydrogen-bond acceptors (Lipinski definition) is 7. The Labute approximate surface area is 190 Å².